The lowest BCUT2D eigenvalue weighted by molar-refractivity contribution is -0.121. The summed E-state index contributed by atoms with van der Waals surface area (Å²) in [5, 5.41) is 4.22. The van der Waals surface area contributed by atoms with E-state index in [1.54, 1.807) is 0 Å². The molecule has 2 N–H and O–H groups in total. The first kappa shape index (κ1) is 22.5. The molecule has 0 saturated heterocycles. The van der Waals surface area contributed by atoms with E-state index in [0.717, 1.165) is 38.9 Å². The van der Waals surface area contributed by atoms with Crippen LogP contribution in [0.2, 0.25) is 0 Å². The predicted octanol–water partition coefficient (Wildman–Crippen LogP) is 6.59. The van der Waals surface area contributed by atoms with Gasteiger partial charge in [-0.05, 0) is 40.5 Å². The van der Waals surface area contributed by atoms with Gasteiger partial charge in [-0.2, -0.15) is 0 Å². The molecule has 0 fully saturated rings. The van der Waals surface area contributed by atoms with Crippen LogP contribution in [0, 0.1) is 0 Å². The maximum Gasteiger partial charge on any atom is 0.221 e. The van der Waals surface area contributed by atoms with Crippen molar-refractivity contribution >= 4 is 16.8 Å². The molecule has 0 saturated carbocycles. The van der Waals surface area contributed by atoms with Gasteiger partial charge in [0.05, 0.1) is 0 Å². The average Bonchev–Trinajstić information content (AvgIpc) is 3.35. The van der Waals surface area contributed by atoms with Crippen LogP contribution < -0.4 is 10.1 Å². The highest BCUT2D eigenvalue weighted by Crippen LogP contribution is 2.34. The zero-order valence-corrected chi connectivity index (χ0v) is 19.5. The van der Waals surface area contributed by atoms with Gasteiger partial charge in [0.1, 0.15) is 12.4 Å². The van der Waals surface area contributed by atoms with Crippen molar-refractivity contribution in [2.45, 2.75) is 25.5 Å². The second-order valence-electron chi connectivity index (χ2n) is 8.65. The molecule has 0 radical (unpaired) electrons. The van der Waals surface area contributed by atoms with Crippen molar-refractivity contribution in [1.29, 1.82) is 0 Å². The lowest BCUT2D eigenvalue weighted by Crippen LogP contribution is -2.25. The molecule has 0 aliphatic rings. The average molecular weight is 461 g/mol. The molecule has 0 spiro atoms. The number of carbonyl (C=O) groups is 1. The van der Waals surface area contributed by atoms with Gasteiger partial charge in [-0.1, -0.05) is 91.0 Å². The van der Waals surface area contributed by atoms with Gasteiger partial charge in [-0.3, -0.25) is 4.79 Å². The molecule has 5 rings (SSSR count). The number of aromatic amines is 1. The number of hydrogen-bond donors (Lipinski definition) is 2. The summed E-state index contributed by atoms with van der Waals surface area (Å²) in [7, 11) is 0. The Bertz CT molecular complexity index is 1380. The molecule has 0 aliphatic heterocycles. The molecule has 1 atom stereocenters. The maximum absolute atomic E-state index is 13.0. The smallest absolute Gasteiger partial charge is 0.221 e. The fraction of sp³-hybridized carbons (Fsp3) is 0.129. The van der Waals surface area contributed by atoms with Crippen LogP contribution in [-0.4, -0.2) is 10.9 Å². The minimum Gasteiger partial charge on any atom is -0.489 e. The number of fused-ring (bicyclic) bond motifs is 1. The van der Waals surface area contributed by atoms with Gasteiger partial charge in [0.15, 0.2) is 0 Å². The zero-order valence-electron chi connectivity index (χ0n) is 19.5. The van der Waals surface area contributed by atoms with Gasteiger partial charge in [-0.25, -0.2) is 0 Å². The quantitative estimate of drug-likeness (QED) is 0.261. The fourth-order valence-electron chi connectivity index (χ4n) is 4.38. The molecule has 1 aromatic heterocycles. The molecule has 1 amide bonds. The molecule has 4 heteroatoms. The first-order valence-electron chi connectivity index (χ1n) is 11.9. The van der Waals surface area contributed by atoms with Crippen LogP contribution in [-0.2, 0) is 17.9 Å². The standard InChI is InChI=1S/C31H28N2O2/c34-31(33-20-23-9-3-1-4-10-23)19-28(29-21-32-30-14-8-7-13-27(29)30)25-15-17-26(18-16-25)35-22-24-11-5-2-6-12-24/h1-18,21,28,32H,19-20,22H2,(H,33,34)/t28-/m1/s1. The van der Waals surface area contributed by atoms with Crippen molar-refractivity contribution in [2.24, 2.45) is 0 Å². The molecule has 5 aromatic rings. The summed E-state index contributed by atoms with van der Waals surface area (Å²) in [4.78, 5) is 16.4. The summed E-state index contributed by atoms with van der Waals surface area (Å²) in [6.45, 7) is 1.04. The SMILES string of the molecule is O=C(C[C@H](c1ccc(OCc2ccccc2)cc1)c1c[nH]c2ccccc12)NCc1ccccc1. The summed E-state index contributed by atoms with van der Waals surface area (Å²) in [6.07, 6.45) is 2.39. The van der Waals surface area contributed by atoms with E-state index in [1.165, 1.54) is 0 Å². The Hall–Kier alpha value is -4.31. The molecule has 0 unspecified atom stereocenters. The highest BCUT2D eigenvalue weighted by atomic mass is 16.5. The molecule has 1 heterocycles. The largest absolute Gasteiger partial charge is 0.489 e. The van der Waals surface area contributed by atoms with E-state index >= 15 is 0 Å². The highest BCUT2D eigenvalue weighted by molar-refractivity contribution is 5.86. The molecule has 0 bridgehead atoms. The first-order valence-corrected chi connectivity index (χ1v) is 11.9. The van der Waals surface area contributed by atoms with Crippen LogP contribution >= 0.6 is 0 Å². The number of nitrogens with one attached hydrogen (secondary N) is 2. The van der Waals surface area contributed by atoms with Crippen LogP contribution in [0.1, 0.15) is 34.6 Å². The van der Waals surface area contributed by atoms with Crippen molar-refractivity contribution in [3.63, 3.8) is 0 Å². The van der Waals surface area contributed by atoms with Crippen molar-refractivity contribution in [3.8, 4) is 5.75 Å². The van der Waals surface area contributed by atoms with Gasteiger partial charge in [0.2, 0.25) is 5.91 Å². The number of ether oxygens (including phenoxy) is 1. The number of carbonyl (C=O) groups excluding carboxylic acids is 1. The van der Waals surface area contributed by atoms with Crippen LogP contribution in [0.15, 0.2) is 115 Å². The Morgan fingerprint density at radius 2 is 1.43 bits per heavy atom. The zero-order chi connectivity index (χ0) is 23.9. The fourth-order valence-corrected chi connectivity index (χ4v) is 4.38. The number of aromatic nitrogens is 1. The van der Waals surface area contributed by atoms with E-state index in [0.29, 0.717) is 19.6 Å². The van der Waals surface area contributed by atoms with Gasteiger partial charge in [-0.15, -0.1) is 0 Å². The van der Waals surface area contributed by atoms with Gasteiger partial charge in [0.25, 0.3) is 0 Å². The van der Waals surface area contributed by atoms with Crippen molar-refractivity contribution in [3.05, 3.63) is 138 Å². The summed E-state index contributed by atoms with van der Waals surface area (Å²) in [5.74, 6) is 0.752. The number of H-pyrrole nitrogens is 1. The lowest BCUT2D eigenvalue weighted by atomic mass is 9.88. The van der Waals surface area contributed by atoms with Crippen LogP contribution in [0.3, 0.4) is 0 Å². The van der Waals surface area contributed by atoms with E-state index in [-0.39, 0.29) is 11.8 Å². The molecule has 174 valence electrons. The normalized spacial score (nSPS) is 11.8. The maximum atomic E-state index is 13.0. The van der Waals surface area contributed by atoms with Gasteiger partial charge in [0, 0.05) is 36.0 Å². The Kier molecular flexibility index (Phi) is 6.90. The Morgan fingerprint density at radius 1 is 0.771 bits per heavy atom. The third-order valence-electron chi connectivity index (χ3n) is 6.25. The summed E-state index contributed by atoms with van der Waals surface area (Å²) in [6, 6.07) is 36.4. The van der Waals surface area contributed by atoms with E-state index in [1.807, 2.05) is 79.0 Å². The summed E-state index contributed by atoms with van der Waals surface area (Å²) < 4.78 is 5.97. The molecule has 35 heavy (non-hydrogen) atoms. The van der Waals surface area contributed by atoms with Crippen LogP contribution in [0.25, 0.3) is 10.9 Å². The highest BCUT2D eigenvalue weighted by Gasteiger charge is 2.21. The molecular formula is C31H28N2O2. The third-order valence-corrected chi connectivity index (χ3v) is 6.25. The second kappa shape index (κ2) is 10.7. The van der Waals surface area contributed by atoms with E-state index in [2.05, 4.69) is 46.7 Å². The Morgan fingerprint density at radius 3 is 2.17 bits per heavy atom. The number of rotatable bonds is 9. The summed E-state index contributed by atoms with van der Waals surface area (Å²) in [5.41, 5.74) is 5.48. The van der Waals surface area contributed by atoms with E-state index < -0.39 is 0 Å². The van der Waals surface area contributed by atoms with Gasteiger partial charge >= 0.3 is 0 Å². The first-order chi connectivity index (χ1) is 17.3. The number of amides is 1. The molecule has 4 aromatic carbocycles. The molecular weight excluding hydrogens is 432 g/mol. The Labute approximate surface area is 205 Å². The van der Waals surface area contributed by atoms with Crippen molar-refractivity contribution in [1.82, 2.24) is 10.3 Å². The number of benzene rings is 4. The molecule has 0 aliphatic carbocycles. The van der Waals surface area contributed by atoms with Crippen LogP contribution in [0.5, 0.6) is 5.75 Å². The Balaban J connectivity index is 1.35. The van der Waals surface area contributed by atoms with E-state index in [9.17, 15) is 4.79 Å². The van der Waals surface area contributed by atoms with Crippen molar-refractivity contribution in [2.75, 3.05) is 0 Å². The number of hydrogen-bond acceptors (Lipinski definition) is 2. The third kappa shape index (κ3) is 5.61. The molecule has 4 nitrogen and oxygen atoms in total. The van der Waals surface area contributed by atoms with Crippen molar-refractivity contribution < 1.29 is 9.53 Å². The van der Waals surface area contributed by atoms with E-state index in [4.69, 9.17) is 4.74 Å². The predicted molar refractivity (Wildman–Crippen MR) is 140 cm³/mol. The topological polar surface area (TPSA) is 54.1 Å². The van der Waals surface area contributed by atoms with Gasteiger partial charge < -0.3 is 15.0 Å². The summed E-state index contributed by atoms with van der Waals surface area (Å²) >= 11 is 0. The minimum absolute atomic E-state index is 0.0218. The second-order valence-corrected chi connectivity index (χ2v) is 8.65. The van der Waals surface area contributed by atoms with Crippen LogP contribution in [0.4, 0.5) is 0 Å². The minimum atomic E-state index is -0.0786. The lowest BCUT2D eigenvalue weighted by Gasteiger charge is -2.18. The monoisotopic (exact) mass is 460 g/mol. The number of para-hydroxylation sites is 1.